The molecule has 0 aromatic carbocycles. The fraction of sp³-hybridized carbons (Fsp3) is 0.333. The number of fused-ring (bicyclic) bond motifs is 3. The van der Waals surface area contributed by atoms with Crippen LogP contribution in [0.1, 0.15) is 17.2 Å². The minimum Gasteiger partial charge on any atom is -0.422 e. The summed E-state index contributed by atoms with van der Waals surface area (Å²) in [6.07, 6.45) is -3.22. The van der Waals surface area contributed by atoms with Crippen molar-refractivity contribution in [3.8, 4) is 11.6 Å². The molecule has 1 aliphatic heterocycles. The van der Waals surface area contributed by atoms with Crippen molar-refractivity contribution in [2.75, 3.05) is 20.1 Å². The van der Waals surface area contributed by atoms with E-state index < -0.39 is 17.7 Å². The van der Waals surface area contributed by atoms with Crippen molar-refractivity contribution < 1.29 is 26.4 Å². The summed E-state index contributed by atoms with van der Waals surface area (Å²) in [4.78, 5) is 10.6. The highest BCUT2D eigenvalue weighted by atomic mass is 19.4. The second-order valence-electron chi connectivity index (χ2n) is 7.25. The molecule has 12 heteroatoms. The highest BCUT2D eigenvalue weighted by Crippen LogP contribution is 2.47. The van der Waals surface area contributed by atoms with E-state index in [0.29, 0.717) is 18.7 Å². The van der Waals surface area contributed by atoms with E-state index in [4.69, 9.17) is 4.42 Å². The molecule has 0 bridgehead atoms. The molecule has 0 aliphatic carbocycles. The molecule has 156 valence electrons. The van der Waals surface area contributed by atoms with Gasteiger partial charge in [-0.15, -0.1) is 10.2 Å². The molecular weight excluding hydrogens is 411 g/mol. The Labute approximate surface area is 165 Å². The zero-order valence-corrected chi connectivity index (χ0v) is 15.4. The third-order valence-corrected chi connectivity index (χ3v) is 5.17. The molecule has 0 radical (unpaired) electrons. The van der Waals surface area contributed by atoms with Crippen LogP contribution in [0.15, 0.2) is 35.2 Å². The second-order valence-corrected chi connectivity index (χ2v) is 7.25. The Morgan fingerprint density at radius 2 is 1.87 bits per heavy atom. The first-order valence-electron chi connectivity index (χ1n) is 8.88. The first-order chi connectivity index (χ1) is 14.1. The fourth-order valence-electron chi connectivity index (χ4n) is 3.64. The topological polar surface area (TPSA) is 72.4 Å². The number of imidazole rings is 1. The number of alkyl halides is 5. The van der Waals surface area contributed by atoms with E-state index in [1.54, 1.807) is 0 Å². The molecule has 30 heavy (non-hydrogen) atoms. The SMILES string of the molecule is CN1CC(c2cc(C(F)(F)C(F)(F)F)c3ccc4nc(-c5nnco5)cn4c3n2)C1. The molecule has 1 aliphatic rings. The third-order valence-electron chi connectivity index (χ3n) is 5.17. The molecule has 0 spiro atoms. The van der Waals surface area contributed by atoms with Gasteiger partial charge < -0.3 is 9.32 Å². The third kappa shape index (κ3) is 2.74. The van der Waals surface area contributed by atoms with Gasteiger partial charge in [0, 0.05) is 41.8 Å². The van der Waals surface area contributed by atoms with E-state index in [-0.39, 0.29) is 34.2 Å². The normalized spacial score (nSPS) is 16.5. The van der Waals surface area contributed by atoms with E-state index in [2.05, 4.69) is 20.2 Å². The Balaban J connectivity index is 1.79. The molecule has 1 saturated heterocycles. The molecule has 7 nitrogen and oxygen atoms in total. The summed E-state index contributed by atoms with van der Waals surface area (Å²) in [5.41, 5.74) is -0.441. The lowest BCUT2D eigenvalue weighted by molar-refractivity contribution is -0.288. The number of rotatable bonds is 3. The lowest BCUT2D eigenvalue weighted by Crippen LogP contribution is -2.42. The van der Waals surface area contributed by atoms with Gasteiger partial charge in [0.1, 0.15) is 17.0 Å². The number of pyridine rings is 2. The summed E-state index contributed by atoms with van der Waals surface area (Å²) in [5.74, 6) is -5.19. The van der Waals surface area contributed by atoms with Gasteiger partial charge in [-0.3, -0.25) is 4.40 Å². The molecule has 5 heterocycles. The monoisotopic (exact) mass is 424 g/mol. The molecule has 4 aromatic heterocycles. The Bertz CT molecular complexity index is 1240. The van der Waals surface area contributed by atoms with Gasteiger partial charge in [0.2, 0.25) is 6.39 Å². The van der Waals surface area contributed by atoms with Crippen molar-refractivity contribution in [3.05, 3.63) is 42.0 Å². The molecule has 0 atom stereocenters. The molecule has 0 saturated carbocycles. The van der Waals surface area contributed by atoms with Crippen LogP contribution in [-0.2, 0) is 5.92 Å². The second kappa shape index (κ2) is 6.17. The van der Waals surface area contributed by atoms with Crippen LogP contribution in [-0.4, -0.2) is 55.8 Å². The van der Waals surface area contributed by atoms with Crippen LogP contribution in [0.25, 0.3) is 28.3 Å². The summed E-state index contributed by atoms with van der Waals surface area (Å²) < 4.78 is 75.0. The van der Waals surface area contributed by atoms with E-state index in [9.17, 15) is 22.0 Å². The molecule has 0 N–H and O–H groups in total. The van der Waals surface area contributed by atoms with Crippen LogP contribution in [0.3, 0.4) is 0 Å². The molecule has 0 amide bonds. The number of likely N-dealkylation sites (N-methyl/N-ethyl adjacent to an activating group) is 1. The number of nitrogens with zero attached hydrogens (tertiary/aromatic N) is 6. The van der Waals surface area contributed by atoms with Gasteiger partial charge in [0.05, 0.1) is 0 Å². The van der Waals surface area contributed by atoms with E-state index >= 15 is 0 Å². The lowest BCUT2D eigenvalue weighted by Gasteiger charge is -2.36. The summed E-state index contributed by atoms with van der Waals surface area (Å²) >= 11 is 0. The maximum absolute atomic E-state index is 14.4. The number of aromatic nitrogens is 5. The van der Waals surface area contributed by atoms with Gasteiger partial charge in [0.15, 0.2) is 0 Å². The van der Waals surface area contributed by atoms with Crippen LogP contribution in [0, 0.1) is 0 Å². The number of halogens is 5. The van der Waals surface area contributed by atoms with Crippen LogP contribution < -0.4 is 0 Å². The molecule has 5 rings (SSSR count). The lowest BCUT2D eigenvalue weighted by atomic mass is 9.93. The fourth-order valence-corrected chi connectivity index (χ4v) is 3.64. The minimum atomic E-state index is -5.74. The van der Waals surface area contributed by atoms with Crippen molar-refractivity contribution in [2.45, 2.75) is 18.0 Å². The quantitative estimate of drug-likeness (QED) is 0.468. The van der Waals surface area contributed by atoms with Crippen LogP contribution in [0.5, 0.6) is 0 Å². The summed E-state index contributed by atoms with van der Waals surface area (Å²) in [5, 5.41) is 6.99. The van der Waals surface area contributed by atoms with Gasteiger partial charge in [0.25, 0.3) is 5.89 Å². The first kappa shape index (κ1) is 18.9. The van der Waals surface area contributed by atoms with Gasteiger partial charge in [-0.05, 0) is 25.2 Å². The molecule has 4 aromatic rings. The maximum atomic E-state index is 14.4. The van der Waals surface area contributed by atoms with Crippen LogP contribution >= 0.6 is 0 Å². The molecule has 1 fully saturated rings. The van der Waals surface area contributed by atoms with E-state index in [1.807, 2.05) is 11.9 Å². The van der Waals surface area contributed by atoms with Gasteiger partial charge in [-0.1, -0.05) is 0 Å². The highest BCUT2D eigenvalue weighted by Gasteiger charge is 2.59. The largest absolute Gasteiger partial charge is 0.458 e. The molecular formula is C18H13F5N6O. The van der Waals surface area contributed by atoms with Gasteiger partial charge >= 0.3 is 12.1 Å². The predicted molar refractivity (Wildman–Crippen MR) is 94.0 cm³/mol. The first-order valence-corrected chi connectivity index (χ1v) is 8.88. The number of hydrogen-bond donors (Lipinski definition) is 0. The Morgan fingerprint density at radius 3 is 2.50 bits per heavy atom. The average Bonchev–Trinajstić information content (AvgIpc) is 3.32. The zero-order chi connectivity index (χ0) is 21.3. The predicted octanol–water partition coefficient (Wildman–Crippen LogP) is 3.62. The Hall–Kier alpha value is -3.15. The van der Waals surface area contributed by atoms with Crippen molar-refractivity contribution in [1.82, 2.24) is 29.5 Å². The van der Waals surface area contributed by atoms with Crippen LogP contribution in [0.4, 0.5) is 22.0 Å². The van der Waals surface area contributed by atoms with Crippen LogP contribution in [0.2, 0.25) is 0 Å². The van der Waals surface area contributed by atoms with Gasteiger partial charge in [-0.25, -0.2) is 9.97 Å². The summed E-state index contributed by atoms with van der Waals surface area (Å²) in [6.45, 7) is 1.03. The average molecular weight is 424 g/mol. The van der Waals surface area contributed by atoms with Crippen molar-refractivity contribution in [2.24, 2.45) is 0 Å². The van der Waals surface area contributed by atoms with Gasteiger partial charge in [-0.2, -0.15) is 22.0 Å². The standard InChI is InChI=1S/C18H13F5N6O/c1-28-5-9(6-28)12-4-11(17(19,20)18(21,22)23)10-2-3-14-25-13(16-27-24-8-30-16)7-29(14)15(10)26-12/h2-4,7-9H,5-6H2,1H3. The van der Waals surface area contributed by atoms with E-state index in [1.165, 1.54) is 22.7 Å². The minimum absolute atomic E-state index is 0.0447. The molecule has 0 unspecified atom stereocenters. The summed E-state index contributed by atoms with van der Waals surface area (Å²) in [7, 11) is 1.83. The van der Waals surface area contributed by atoms with Crippen molar-refractivity contribution in [3.63, 3.8) is 0 Å². The number of likely N-dealkylation sites (tertiary alicyclic amines) is 1. The summed E-state index contributed by atoms with van der Waals surface area (Å²) in [6, 6.07) is 3.39. The van der Waals surface area contributed by atoms with Crippen molar-refractivity contribution >= 4 is 16.7 Å². The van der Waals surface area contributed by atoms with Crippen molar-refractivity contribution in [1.29, 1.82) is 0 Å². The Kier molecular flexibility index (Phi) is 3.88. The zero-order valence-electron chi connectivity index (χ0n) is 15.4. The maximum Gasteiger partial charge on any atom is 0.458 e. The highest BCUT2D eigenvalue weighted by molar-refractivity contribution is 5.84. The number of hydrogen-bond acceptors (Lipinski definition) is 6. The Morgan fingerprint density at radius 1 is 1.10 bits per heavy atom. The van der Waals surface area contributed by atoms with E-state index in [0.717, 1.165) is 12.5 Å². The smallest absolute Gasteiger partial charge is 0.422 e.